The topological polar surface area (TPSA) is 23.6 Å². The molecule has 0 amide bonds. The van der Waals surface area contributed by atoms with Crippen LogP contribution in [0.3, 0.4) is 0 Å². The monoisotopic (exact) mass is 186 g/mol. The van der Waals surface area contributed by atoms with E-state index in [4.69, 9.17) is 0 Å². The Morgan fingerprint density at radius 3 is 1.54 bits per heavy atom. The van der Waals surface area contributed by atoms with Gasteiger partial charge in [0.15, 0.2) is 0 Å². The summed E-state index contributed by atoms with van der Waals surface area (Å²) in [4.78, 5) is 15.6. The maximum Gasteiger partial charge on any atom is 0.138 e. The number of nitrogens with zero attached hydrogens (tertiary/aromatic N) is 2. The van der Waals surface area contributed by atoms with Gasteiger partial charge in [0.05, 0.1) is 5.41 Å². The first kappa shape index (κ1) is 12.6. The largest absolute Gasteiger partial charge is 0.308 e. The van der Waals surface area contributed by atoms with E-state index in [0.29, 0.717) is 0 Å². The highest BCUT2D eigenvalue weighted by Crippen LogP contribution is 2.19. The average molecular weight is 186 g/mol. The molecule has 0 rings (SSSR count). The molecule has 0 atom stereocenters. The third-order valence-electron chi connectivity index (χ3n) is 2.18. The van der Waals surface area contributed by atoms with Gasteiger partial charge in [-0.15, -0.1) is 0 Å². The maximum absolute atomic E-state index is 11.5. The van der Waals surface area contributed by atoms with Crippen LogP contribution in [0.5, 0.6) is 0 Å². The Morgan fingerprint density at radius 2 is 1.38 bits per heavy atom. The molecule has 13 heavy (non-hydrogen) atoms. The minimum atomic E-state index is -0.243. The van der Waals surface area contributed by atoms with Gasteiger partial charge in [-0.2, -0.15) is 0 Å². The molecule has 0 spiro atoms. The molecule has 0 aromatic rings. The fourth-order valence-corrected chi connectivity index (χ4v) is 1.67. The highest BCUT2D eigenvalue weighted by Gasteiger charge is 2.30. The molecule has 0 N–H and O–H groups in total. The smallest absolute Gasteiger partial charge is 0.138 e. The summed E-state index contributed by atoms with van der Waals surface area (Å²) < 4.78 is 0. The second-order valence-electron chi connectivity index (χ2n) is 4.59. The summed E-state index contributed by atoms with van der Waals surface area (Å²) in [6.45, 7) is 5.31. The number of hydrogen-bond donors (Lipinski definition) is 0. The number of rotatable bonds is 5. The highest BCUT2D eigenvalue weighted by atomic mass is 16.1. The lowest BCUT2D eigenvalue weighted by molar-refractivity contribution is -0.127. The summed E-state index contributed by atoms with van der Waals surface area (Å²) in [5, 5.41) is 0. The van der Waals surface area contributed by atoms with E-state index in [9.17, 15) is 4.79 Å². The van der Waals surface area contributed by atoms with E-state index in [-0.39, 0.29) is 11.2 Å². The minimum absolute atomic E-state index is 0.243. The van der Waals surface area contributed by atoms with E-state index in [0.717, 1.165) is 13.1 Å². The lowest BCUT2D eigenvalue weighted by atomic mass is 9.85. The van der Waals surface area contributed by atoms with Crippen molar-refractivity contribution in [2.45, 2.75) is 13.8 Å². The van der Waals surface area contributed by atoms with Crippen molar-refractivity contribution in [3.63, 3.8) is 0 Å². The van der Waals surface area contributed by atoms with Crippen molar-refractivity contribution in [3.05, 3.63) is 0 Å². The zero-order valence-corrected chi connectivity index (χ0v) is 9.72. The standard InChI is InChI=1S/C10H22N2O/c1-9(13)10(2,7-11(3)4)8-12(5)6/h7-8H2,1-6H3. The van der Waals surface area contributed by atoms with Crippen LogP contribution in [0.15, 0.2) is 0 Å². The van der Waals surface area contributed by atoms with Gasteiger partial charge in [-0.3, -0.25) is 4.79 Å². The van der Waals surface area contributed by atoms with Gasteiger partial charge in [0.2, 0.25) is 0 Å². The second-order valence-corrected chi connectivity index (χ2v) is 4.59. The summed E-state index contributed by atoms with van der Waals surface area (Å²) in [6.07, 6.45) is 0. The van der Waals surface area contributed by atoms with Crippen LogP contribution in [0.25, 0.3) is 0 Å². The van der Waals surface area contributed by atoms with Crippen molar-refractivity contribution in [1.82, 2.24) is 9.80 Å². The van der Waals surface area contributed by atoms with Gasteiger partial charge >= 0.3 is 0 Å². The van der Waals surface area contributed by atoms with Crippen LogP contribution in [0.2, 0.25) is 0 Å². The zero-order chi connectivity index (χ0) is 10.6. The molecule has 0 aliphatic carbocycles. The molecule has 0 saturated carbocycles. The van der Waals surface area contributed by atoms with Crippen molar-refractivity contribution in [2.24, 2.45) is 5.41 Å². The molecule has 3 nitrogen and oxygen atoms in total. The van der Waals surface area contributed by atoms with Crippen molar-refractivity contribution < 1.29 is 4.79 Å². The Morgan fingerprint density at radius 1 is 1.08 bits per heavy atom. The molecule has 0 fully saturated rings. The van der Waals surface area contributed by atoms with E-state index >= 15 is 0 Å². The van der Waals surface area contributed by atoms with Crippen LogP contribution in [-0.2, 0) is 4.79 Å². The van der Waals surface area contributed by atoms with Gasteiger partial charge in [-0.1, -0.05) is 6.92 Å². The Kier molecular flexibility index (Phi) is 4.57. The SMILES string of the molecule is CC(=O)C(C)(CN(C)C)CN(C)C. The normalized spacial score (nSPS) is 12.6. The van der Waals surface area contributed by atoms with Gasteiger partial charge in [0.1, 0.15) is 5.78 Å². The van der Waals surface area contributed by atoms with E-state index in [1.54, 1.807) is 6.92 Å². The molecule has 0 aliphatic heterocycles. The highest BCUT2D eigenvalue weighted by molar-refractivity contribution is 5.82. The van der Waals surface area contributed by atoms with Crippen molar-refractivity contribution in [1.29, 1.82) is 0 Å². The predicted molar refractivity (Wildman–Crippen MR) is 55.9 cm³/mol. The summed E-state index contributed by atoms with van der Waals surface area (Å²) in [6, 6.07) is 0. The van der Waals surface area contributed by atoms with Gasteiger partial charge in [-0.05, 0) is 35.1 Å². The average Bonchev–Trinajstić information content (AvgIpc) is 1.82. The Balaban J connectivity index is 4.43. The van der Waals surface area contributed by atoms with Gasteiger partial charge in [0, 0.05) is 13.1 Å². The van der Waals surface area contributed by atoms with Crippen LogP contribution < -0.4 is 0 Å². The maximum atomic E-state index is 11.5. The number of ketones is 1. The second kappa shape index (κ2) is 4.72. The number of Topliss-reactive ketones (excluding diaryl/α,β-unsaturated/α-hetero) is 1. The Labute approximate surface area is 81.7 Å². The predicted octanol–water partition coefficient (Wildman–Crippen LogP) is 0.705. The summed E-state index contributed by atoms with van der Waals surface area (Å²) in [5.41, 5.74) is -0.243. The van der Waals surface area contributed by atoms with Crippen molar-refractivity contribution in [2.75, 3.05) is 41.3 Å². The molecule has 0 saturated heterocycles. The fraction of sp³-hybridized carbons (Fsp3) is 0.900. The first-order valence-electron chi connectivity index (χ1n) is 4.58. The molecule has 78 valence electrons. The molecule has 0 unspecified atom stereocenters. The van der Waals surface area contributed by atoms with E-state index in [1.807, 2.05) is 35.1 Å². The van der Waals surface area contributed by atoms with Crippen LogP contribution >= 0.6 is 0 Å². The third-order valence-corrected chi connectivity index (χ3v) is 2.18. The molecule has 0 heterocycles. The lowest BCUT2D eigenvalue weighted by Crippen LogP contribution is -2.44. The van der Waals surface area contributed by atoms with Crippen LogP contribution in [0.1, 0.15) is 13.8 Å². The van der Waals surface area contributed by atoms with Crippen molar-refractivity contribution >= 4 is 5.78 Å². The molecule has 0 aromatic heterocycles. The van der Waals surface area contributed by atoms with E-state index in [2.05, 4.69) is 9.80 Å². The first-order chi connectivity index (χ1) is 5.78. The number of hydrogen-bond acceptors (Lipinski definition) is 3. The van der Waals surface area contributed by atoms with Gasteiger partial charge < -0.3 is 9.80 Å². The molecule has 0 aliphatic rings. The number of carbonyl (C=O) groups excluding carboxylic acids is 1. The fourth-order valence-electron chi connectivity index (χ4n) is 1.67. The van der Waals surface area contributed by atoms with Crippen LogP contribution in [0, 0.1) is 5.41 Å². The number of carbonyl (C=O) groups is 1. The Hall–Kier alpha value is -0.410. The summed E-state index contributed by atoms with van der Waals surface area (Å²) >= 11 is 0. The molecule has 0 aromatic carbocycles. The molecular formula is C10H22N2O. The van der Waals surface area contributed by atoms with E-state index in [1.165, 1.54) is 0 Å². The Bertz CT molecular complexity index is 166. The van der Waals surface area contributed by atoms with Crippen LogP contribution in [-0.4, -0.2) is 56.9 Å². The van der Waals surface area contributed by atoms with Crippen LogP contribution in [0.4, 0.5) is 0 Å². The van der Waals surface area contributed by atoms with Crippen molar-refractivity contribution in [3.8, 4) is 0 Å². The summed E-state index contributed by atoms with van der Waals surface area (Å²) in [7, 11) is 7.99. The van der Waals surface area contributed by atoms with E-state index < -0.39 is 0 Å². The molecule has 0 bridgehead atoms. The van der Waals surface area contributed by atoms with Gasteiger partial charge in [0.25, 0.3) is 0 Å². The molecule has 3 heteroatoms. The third kappa shape index (κ3) is 4.39. The zero-order valence-electron chi connectivity index (χ0n) is 9.72. The molecular weight excluding hydrogens is 164 g/mol. The molecule has 0 radical (unpaired) electrons. The lowest BCUT2D eigenvalue weighted by Gasteiger charge is -2.32. The van der Waals surface area contributed by atoms with Gasteiger partial charge in [-0.25, -0.2) is 0 Å². The minimum Gasteiger partial charge on any atom is -0.308 e. The quantitative estimate of drug-likeness (QED) is 0.631. The summed E-state index contributed by atoms with van der Waals surface area (Å²) in [5.74, 6) is 0.259. The first-order valence-corrected chi connectivity index (χ1v) is 4.58.